The topological polar surface area (TPSA) is 128 Å². The molecule has 3 aromatic rings. The van der Waals surface area contributed by atoms with E-state index in [1.165, 1.54) is 0 Å². The number of aromatic nitrogens is 2. The van der Waals surface area contributed by atoms with Crippen LogP contribution in [-0.4, -0.2) is 55.9 Å². The molecule has 11 heteroatoms. The largest absolute Gasteiger partial charge is 0.344 e. The van der Waals surface area contributed by atoms with Gasteiger partial charge >= 0.3 is 6.03 Å². The minimum absolute atomic E-state index is 0.158. The molecular weight excluding hydrogens is 532 g/mol. The molecule has 10 nitrogen and oxygen atoms in total. The number of hydrogen-bond donors (Lipinski definition) is 3. The van der Waals surface area contributed by atoms with Gasteiger partial charge in [0.25, 0.3) is 5.91 Å². The van der Waals surface area contributed by atoms with Crippen LogP contribution < -0.4 is 10.7 Å². The summed E-state index contributed by atoms with van der Waals surface area (Å²) in [6, 6.07) is 8.82. The summed E-state index contributed by atoms with van der Waals surface area (Å²) in [6.07, 6.45) is 2.54. The van der Waals surface area contributed by atoms with Crippen LogP contribution in [0, 0.1) is 11.3 Å². The second-order valence-corrected chi connectivity index (χ2v) is 12.7. The minimum Gasteiger partial charge on any atom is -0.338 e. The van der Waals surface area contributed by atoms with E-state index in [4.69, 9.17) is 11.6 Å². The lowest BCUT2D eigenvalue weighted by molar-refractivity contribution is -0.142. The number of nitrogens with zero attached hydrogens (tertiary/aromatic N) is 3. The van der Waals surface area contributed by atoms with E-state index in [1.807, 2.05) is 30.3 Å². The zero-order valence-electron chi connectivity index (χ0n) is 22.6. The molecule has 6 rings (SSSR count). The van der Waals surface area contributed by atoms with Gasteiger partial charge in [-0.25, -0.2) is 4.79 Å². The lowest BCUT2D eigenvalue weighted by Crippen LogP contribution is -2.51. The molecule has 5 amide bonds. The summed E-state index contributed by atoms with van der Waals surface area (Å²) in [6.45, 7) is 7.02. The average Bonchev–Trinajstić information content (AvgIpc) is 3.55. The monoisotopic (exact) mass is 562 g/mol. The molecule has 0 saturated carbocycles. The van der Waals surface area contributed by atoms with Gasteiger partial charge < -0.3 is 10.2 Å². The number of aromatic amines is 1. The van der Waals surface area contributed by atoms with Gasteiger partial charge in [-0.1, -0.05) is 56.6 Å². The Hall–Kier alpha value is -3.92. The van der Waals surface area contributed by atoms with Crippen LogP contribution in [0.1, 0.15) is 49.4 Å². The molecule has 3 heterocycles. The smallest absolute Gasteiger partial charge is 0.338 e. The molecule has 1 aliphatic carbocycles. The summed E-state index contributed by atoms with van der Waals surface area (Å²) in [5.74, 6) is -1.93. The molecular formula is C29H31ClN6O4. The summed E-state index contributed by atoms with van der Waals surface area (Å²) < 4.78 is 0. The zero-order chi connectivity index (χ0) is 28.4. The quantitative estimate of drug-likeness (QED) is 0.421. The molecule has 0 radical (unpaired) electrons. The Morgan fingerprint density at radius 3 is 2.52 bits per heavy atom. The number of hydrazine groups is 1. The number of halogens is 1. The van der Waals surface area contributed by atoms with Crippen LogP contribution >= 0.6 is 11.6 Å². The van der Waals surface area contributed by atoms with Crippen molar-refractivity contribution in [3.05, 3.63) is 63.8 Å². The maximum Gasteiger partial charge on any atom is 0.344 e. The van der Waals surface area contributed by atoms with Crippen molar-refractivity contribution in [3.8, 4) is 0 Å². The lowest BCUT2D eigenvalue weighted by atomic mass is 9.92. The van der Waals surface area contributed by atoms with E-state index in [0.717, 1.165) is 32.6 Å². The second-order valence-electron chi connectivity index (χ2n) is 12.3. The van der Waals surface area contributed by atoms with E-state index in [-0.39, 0.29) is 17.7 Å². The van der Waals surface area contributed by atoms with Gasteiger partial charge in [0.1, 0.15) is 5.54 Å². The van der Waals surface area contributed by atoms with E-state index < -0.39 is 29.3 Å². The molecule has 1 aromatic heterocycles. The first kappa shape index (κ1) is 26.3. The van der Waals surface area contributed by atoms with Crippen LogP contribution in [0.25, 0.3) is 10.9 Å². The Morgan fingerprint density at radius 1 is 1.15 bits per heavy atom. The van der Waals surface area contributed by atoms with Crippen LogP contribution in [0.15, 0.2) is 36.5 Å². The van der Waals surface area contributed by atoms with Gasteiger partial charge in [-0.3, -0.25) is 24.9 Å². The van der Waals surface area contributed by atoms with Crippen LogP contribution in [0.3, 0.4) is 0 Å². The zero-order valence-corrected chi connectivity index (χ0v) is 23.4. The fourth-order valence-electron chi connectivity index (χ4n) is 6.27. The number of carbonyl (C=O) groups excluding carboxylic acids is 4. The lowest BCUT2D eigenvalue weighted by Gasteiger charge is -2.31. The number of urea groups is 1. The Kier molecular flexibility index (Phi) is 6.14. The molecule has 0 unspecified atom stereocenters. The number of fused-ring (bicyclic) bond motifs is 4. The van der Waals surface area contributed by atoms with E-state index >= 15 is 0 Å². The number of hydrogen-bond acceptors (Lipinski definition) is 5. The van der Waals surface area contributed by atoms with Crippen molar-refractivity contribution in [2.75, 3.05) is 6.54 Å². The fraction of sp³-hybridized carbons (Fsp3) is 0.414. The van der Waals surface area contributed by atoms with Crippen molar-refractivity contribution in [1.82, 2.24) is 30.8 Å². The Labute approximate surface area is 236 Å². The van der Waals surface area contributed by atoms with Crippen molar-refractivity contribution < 1.29 is 19.2 Å². The molecule has 2 aliphatic heterocycles. The summed E-state index contributed by atoms with van der Waals surface area (Å²) in [4.78, 5) is 55.1. The third-order valence-electron chi connectivity index (χ3n) is 7.97. The predicted molar refractivity (Wildman–Crippen MR) is 148 cm³/mol. The van der Waals surface area contributed by atoms with Crippen LogP contribution in [0.5, 0.6) is 0 Å². The first-order chi connectivity index (χ1) is 18.9. The second kappa shape index (κ2) is 9.33. The molecule has 3 N–H and O–H groups in total. The van der Waals surface area contributed by atoms with Crippen molar-refractivity contribution in [2.45, 2.75) is 58.5 Å². The van der Waals surface area contributed by atoms with Crippen molar-refractivity contribution in [1.29, 1.82) is 0 Å². The number of H-pyrrole nitrogens is 1. The standard InChI is InChI=1S/C29H31ClN6O4/c1-28(2,3)15-35-14-21-18(9-22(30)24-20(21)13-31-33-24)8-19(25(35)38)10-23(37)34-36-26(39)29(32-27(36)40)11-16-6-4-5-7-17(16)12-29/h4-7,9,13,19H,8,10-12,14-15H2,1-3H3,(H,31,33)(H,32,40)(H,34,37)/t19-/m0/s1. The molecule has 208 valence electrons. The van der Waals surface area contributed by atoms with Gasteiger partial charge in [0, 0.05) is 37.7 Å². The number of amides is 5. The SMILES string of the molecule is CC(C)(C)CN1Cc2c(cc(Cl)c3[nH]ncc23)C[C@@H](CC(=O)NN2C(=O)NC3(Cc4ccccc4C3)C2=O)C1=O. The first-order valence-corrected chi connectivity index (χ1v) is 13.8. The number of nitrogens with one attached hydrogen (secondary N) is 3. The van der Waals surface area contributed by atoms with Gasteiger partial charge in [0.2, 0.25) is 11.8 Å². The van der Waals surface area contributed by atoms with Crippen LogP contribution in [-0.2, 0) is 40.2 Å². The Bertz CT molecular complexity index is 1550. The molecule has 1 saturated heterocycles. The van der Waals surface area contributed by atoms with Crippen LogP contribution in [0.4, 0.5) is 4.79 Å². The average molecular weight is 563 g/mol. The summed E-state index contributed by atoms with van der Waals surface area (Å²) >= 11 is 6.52. The highest BCUT2D eigenvalue weighted by Gasteiger charge is 2.55. The molecule has 2 aromatic carbocycles. The first-order valence-electron chi connectivity index (χ1n) is 13.4. The Balaban J connectivity index is 1.23. The number of carbonyl (C=O) groups is 4. The normalized spacial score (nSPS) is 20.1. The molecule has 3 aliphatic rings. The third kappa shape index (κ3) is 4.50. The molecule has 1 atom stereocenters. The van der Waals surface area contributed by atoms with Gasteiger partial charge in [0.05, 0.1) is 22.7 Å². The van der Waals surface area contributed by atoms with E-state index in [1.54, 1.807) is 11.1 Å². The van der Waals surface area contributed by atoms with Crippen molar-refractivity contribution in [2.24, 2.45) is 11.3 Å². The van der Waals surface area contributed by atoms with Gasteiger partial charge in [-0.2, -0.15) is 10.1 Å². The predicted octanol–water partition coefficient (Wildman–Crippen LogP) is 3.27. The minimum atomic E-state index is -1.11. The van der Waals surface area contributed by atoms with Gasteiger partial charge in [-0.05, 0) is 40.2 Å². The Morgan fingerprint density at radius 2 is 1.85 bits per heavy atom. The number of imide groups is 1. The molecule has 40 heavy (non-hydrogen) atoms. The van der Waals surface area contributed by atoms with Crippen LogP contribution in [0.2, 0.25) is 5.02 Å². The van der Waals surface area contributed by atoms with Crippen molar-refractivity contribution >= 4 is 46.3 Å². The van der Waals surface area contributed by atoms with Gasteiger partial charge in [-0.15, -0.1) is 0 Å². The highest BCUT2D eigenvalue weighted by atomic mass is 35.5. The maximum atomic E-state index is 13.8. The summed E-state index contributed by atoms with van der Waals surface area (Å²) in [7, 11) is 0. The number of benzene rings is 2. The molecule has 1 spiro atoms. The number of rotatable bonds is 4. The third-order valence-corrected chi connectivity index (χ3v) is 8.26. The van der Waals surface area contributed by atoms with E-state index in [0.29, 0.717) is 42.9 Å². The summed E-state index contributed by atoms with van der Waals surface area (Å²) in [5.41, 5.74) is 5.73. The van der Waals surface area contributed by atoms with E-state index in [9.17, 15) is 19.2 Å². The fourth-order valence-corrected chi connectivity index (χ4v) is 6.54. The molecule has 1 fully saturated rings. The summed E-state index contributed by atoms with van der Waals surface area (Å²) in [5, 5.41) is 12.0. The highest BCUT2D eigenvalue weighted by Crippen LogP contribution is 2.36. The van der Waals surface area contributed by atoms with Gasteiger partial charge in [0.15, 0.2) is 0 Å². The maximum absolute atomic E-state index is 13.8. The highest BCUT2D eigenvalue weighted by molar-refractivity contribution is 6.35. The van der Waals surface area contributed by atoms with Crippen molar-refractivity contribution in [3.63, 3.8) is 0 Å². The molecule has 0 bridgehead atoms. The van der Waals surface area contributed by atoms with E-state index in [2.05, 4.69) is 41.7 Å².